The van der Waals surface area contributed by atoms with Crippen molar-refractivity contribution in [1.29, 1.82) is 0 Å². The molecule has 25 heavy (non-hydrogen) atoms. The van der Waals surface area contributed by atoms with E-state index in [0.29, 0.717) is 0 Å². The Labute approximate surface area is 150 Å². The molecule has 8 heteroatoms. The zero-order valence-corrected chi connectivity index (χ0v) is 15.4. The summed E-state index contributed by atoms with van der Waals surface area (Å²) in [5, 5.41) is 0. The van der Waals surface area contributed by atoms with Crippen LogP contribution in [0.25, 0.3) is 0 Å². The number of halogens is 1. The van der Waals surface area contributed by atoms with Crippen molar-refractivity contribution in [2.75, 3.05) is 6.26 Å². The van der Waals surface area contributed by atoms with Gasteiger partial charge < -0.3 is 4.74 Å². The first-order chi connectivity index (χ1) is 11.8. The number of nitrogens with one attached hydrogen (secondary N) is 1. The van der Waals surface area contributed by atoms with Crippen molar-refractivity contribution in [2.45, 2.75) is 29.4 Å². The molecule has 0 heterocycles. The van der Waals surface area contributed by atoms with Gasteiger partial charge in [-0.25, -0.2) is 12.8 Å². The zero-order chi connectivity index (χ0) is 18.4. The summed E-state index contributed by atoms with van der Waals surface area (Å²) in [6, 6.07) is 10.8. The highest BCUT2D eigenvalue weighted by molar-refractivity contribution is 7.98. The van der Waals surface area contributed by atoms with E-state index in [1.807, 2.05) is 30.5 Å². The molecule has 0 amide bonds. The van der Waals surface area contributed by atoms with Gasteiger partial charge in [-0.2, -0.15) is 4.72 Å². The summed E-state index contributed by atoms with van der Waals surface area (Å²) >= 11 is 1.60. The lowest BCUT2D eigenvalue weighted by molar-refractivity contribution is -0.146. The van der Waals surface area contributed by atoms with Gasteiger partial charge in [0, 0.05) is 4.90 Å². The maximum atomic E-state index is 12.9. The maximum Gasteiger partial charge on any atom is 0.324 e. The van der Waals surface area contributed by atoms with Crippen molar-refractivity contribution < 1.29 is 22.3 Å². The van der Waals surface area contributed by atoms with Gasteiger partial charge in [0.25, 0.3) is 0 Å². The predicted molar refractivity (Wildman–Crippen MR) is 94.2 cm³/mol. The van der Waals surface area contributed by atoms with Gasteiger partial charge in [0.1, 0.15) is 18.5 Å². The molecule has 0 radical (unpaired) electrons. The average Bonchev–Trinajstić information content (AvgIpc) is 2.60. The van der Waals surface area contributed by atoms with Gasteiger partial charge >= 0.3 is 5.97 Å². The molecule has 0 bridgehead atoms. The van der Waals surface area contributed by atoms with Crippen LogP contribution in [0, 0.1) is 5.82 Å². The minimum Gasteiger partial charge on any atom is -0.460 e. The molecular formula is C17H18FNO4S2. The topological polar surface area (TPSA) is 72.5 Å². The van der Waals surface area contributed by atoms with Crippen molar-refractivity contribution in [3.8, 4) is 0 Å². The molecule has 2 rings (SSSR count). The normalized spacial score (nSPS) is 12.6. The van der Waals surface area contributed by atoms with Crippen LogP contribution in [0.5, 0.6) is 0 Å². The number of ether oxygens (including phenoxy) is 1. The lowest BCUT2D eigenvalue weighted by Crippen LogP contribution is -2.39. The number of benzene rings is 2. The summed E-state index contributed by atoms with van der Waals surface area (Å²) in [5.74, 6) is -1.24. The average molecular weight is 383 g/mol. The summed E-state index contributed by atoms with van der Waals surface area (Å²) in [7, 11) is -3.93. The van der Waals surface area contributed by atoms with E-state index in [-0.39, 0.29) is 11.5 Å². The highest BCUT2D eigenvalue weighted by Gasteiger charge is 2.23. The standard InChI is InChI=1S/C17H18FNO4S2/c1-12(19-25(21,22)16-9-5-14(18)6-10-16)17(20)23-11-13-3-7-15(24-2)8-4-13/h3-10,12,19H,11H2,1-2H3/t12-/m0/s1. The van der Waals surface area contributed by atoms with Crippen molar-refractivity contribution in [1.82, 2.24) is 4.72 Å². The van der Waals surface area contributed by atoms with Crippen LogP contribution < -0.4 is 4.72 Å². The van der Waals surface area contributed by atoms with E-state index >= 15 is 0 Å². The van der Waals surface area contributed by atoms with Gasteiger partial charge in [-0.05, 0) is 55.1 Å². The Morgan fingerprint density at radius 2 is 1.76 bits per heavy atom. The van der Waals surface area contributed by atoms with Crippen LogP contribution in [0.15, 0.2) is 58.3 Å². The first kappa shape index (κ1) is 19.4. The molecule has 0 fully saturated rings. The molecule has 1 N–H and O–H groups in total. The van der Waals surface area contributed by atoms with E-state index in [2.05, 4.69) is 4.72 Å². The van der Waals surface area contributed by atoms with E-state index in [1.54, 1.807) is 11.8 Å². The van der Waals surface area contributed by atoms with E-state index in [9.17, 15) is 17.6 Å². The van der Waals surface area contributed by atoms with Crippen molar-refractivity contribution >= 4 is 27.8 Å². The molecule has 2 aromatic rings. The van der Waals surface area contributed by atoms with E-state index in [0.717, 1.165) is 34.7 Å². The third-order valence-corrected chi connectivity index (χ3v) is 5.65. The quantitative estimate of drug-likeness (QED) is 0.588. The molecule has 5 nitrogen and oxygen atoms in total. The Kier molecular flexibility index (Phi) is 6.57. The van der Waals surface area contributed by atoms with Gasteiger partial charge in [-0.15, -0.1) is 11.8 Å². The number of rotatable bonds is 7. The lowest BCUT2D eigenvalue weighted by Gasteiger charge is -2.14. The Morgan fingerprint density at radius 1 is 1.16 bits per heavy atom. The fourth-order valence-corrected chi connectivity index (χ4v) is 3.56. The molecular weight excluding hydrogens is 365 g/mol. The number of hydrogen-bond acceptors (Lipinski definition) is 5. The molecule has 1 atom stereocenters. The molecule has 0 saturated carbocycles. The summed E-state index contributed by atoms with van der Waals surface area (Å²) in [6.07, 6.45) is 1.96. The van der Waals surface area contributed by atoms with Gasteiger partial charge in [0.2, 0.25) is 10.0 Å². The number of carbonyl (C=O) groups excluding carboxylic acids is 1. The summed E-state index contributed by atoms with van der Waals surface area (Å²) in [5.41, 5.74) is 0.805. The molecule has 0 aliphatic carbocycles. The smallest absolute Gasteiger partial charge is 0.324 e. The van der Waals surface area contributed by atoms with Crippen LogP contribution in [0.1, 0.15) is 12.5 Å². The Balaban J connectivity index is 1.93. The highest BCUT2D eigenvalue weighted by atomic mass is 32.2. The number of hydrogen-bond donors (Lipinski definition) is 1. The summed E-state index contributed by atoms with van der Waals surface area (Å²) < 4.78 is 44.6. The first-order valence-electron chi connectivity index (χ1n) is 7.39. The summed E-state index contributed by atoms with van der Waals surface area (Å²) in [6.45, 7) is 1.44. The second kappa shape index (κ2) is 8.46. The Hall–Kier alpha value is -1.90. The van der Waals surface area contributed by atoms with E-state index in [1.165, 1.54) is 6.92 Å². The second-order valence-corrected chi connectivity index (χ2v) is 7.85. The monoisotopic (exact) mass is 383 g/mol. The molecule has 134 valence electrons. The molecule has 0 saturated heterocycles. The third-order valence-electron chi connectivity index (χ3n) is 3.35. The van der Waals surface area contributed by atoms with Gasteiger partial charge in [0.05, 0.1) is 4.90 Å². The fourth-order valence-electron chi connectivity index (χ4n) is 1.96. The van der Waals surface area contributed by atoms with Crippen molar-refractivity contribution in [3.63, 3.8) is 0 Å². The number of esters is 1. The lowest BCUT2D eigenvalue weighted by atomic mass is 10.2. The minimum absolute atomic E-state index is 0.0517. The van der Waals surface area contributed by atoms with Crippen LogP contribution in [0.4, 0.5) is 4.39 Å². The minimum atomic E-state index is -3.93. The van der Waals surface area contributed by atoms with Crippen LogP contribution >= 0.6 is 11.8 Å². The van der Waals surface area contributed by atoms with Crippen LogP contribution in [0.2, 0.25) is 0 Å². The number of sulfonamides is 1. The second-order valence-electron chi connectivity index (χ2n) is 5.25. The Bertz CT molecular complexity index is 821. The molecule has 0 aromatic heterocycles. The molecule has 0 aliphatic rings. The number of thioether (sulfide) groups is 1. The van der Waals surface area contributed by atoms with Crippen LogP contribution in [0.3, 0.4) is 0 Å². The summed E-state index contributed by atoms with van der Waals surface area (Å²) in [4.78, 5) is 13.0. The van der Waals surface area contributed by atoms with Gasteiger partial charge in [-0.1, -0.05) is 12.1 Å². The Morgan fingerprint density at radius 3 is 2.32 bits per heavy atom. The van der Waals surface area contributed by atoms with E-state index in [4.69, 9.17) is 4.74 Å². The largest absolute Gasteiger partial charge is 0.460 e. The molecule has 0 spiro atoms. The number of carbonyl (C=O) groups is 1. The van der Waals surface area contributed by atoms with Crippen molar-refractivity contribution in [3.05, 3.63) is 59.9 Å². The SMILES string of the molecule is CSc1ccc(COC(=O)[C@H](C)NS(=O)(=O)c2ccc(F)cc2)cc1. The molecule has 0 aliphatic heterocycles. The zero-order valence-electron chi connectivity index (χ0n) is 13.7. The maximum absolute atomic E-state index is 12.9. The van der Waals surface area contributed by atoms with Gasteiger partial charge in [0.15, 0.2) is 0 Å². The van der Waals surface area contributed by atoms with Crippen LogP contribution in [-0.2, 0) is 26.2 Å². The van der Waals surface area contributed by atoms with Gasteiger partial charge in [-0.3, -0.25) is 4.79 Å². The highest BCUT2D eigenvalue weighted by Crippen LogP contribution is 2.15. The van der Waals surface area contributed by atoms with Crippen molar-refractivity contribution in [2.24, 2.45) is 0 Å². The molecule has 0 unspecified atom stereocenters. The first-order valence-corrected chi connectivity index (χ1v) is 10.1. The third kappa shape index (κ3) is 5.55. The molecule has 2 aromatic carbocycles. The van der Waals surface area contributed by atoms with E-state index < -0.39 is 27.9 Å². The fraction of sp³-hybridized carbons (Fsp3) is 0.235. The van der Waals surface area contributed by atoms with Crippen LogP contribution in [-0.4, -0.2) is 26.7 Å². The predicted octanol–water partition coefficient (Wildman–Crippen LogP) is 2.96.